The van der Waals surface area contributed by atoms with E-state index in [-0.39, 0.29) is 16.9 Å². The maximum absolute atomic E-state index is 12.9. The van der Waals surface area contributed by atoms with Crippen LogP contribution in [0.5, 0.6) is 0 Å². The molecule has 0 aliphatic rings. The number of hydrogen-bond acceptors (Lipinski definition) is 6. The molecular weight excluding hydrogens is 505 g/mol. The second-order valence-electron chi connectivity index (χ2n) is 9.44. The highest BCUT2D eigenvalue weighted by molar-refractivity contribution is 7.99. The summed E-state index contributed by atoms with van der Waals surface area (Å²) in [7, 11) is -1.32. The molecule has 0 aliphatic carbocycles. The van der Waals surface area contributed by atoms with Gasteiger partial charge in [0.2, 0.25) is 0 Å². The van der Waals surface area contributed by atoms with Gasteiger partial charge in [0.1, 0.15) is 11.1 Å². The first kappa shape index (κ1) is 26.3. The fourth-order valence-corrected chi connectivity index (χ4v) is 6.60. The molecule has 0 aliphatic heterocycles. The maximum atomic E-state index is 12.9. The minimum atomic E-state index is -1.32. The SMILES string of the molecule is CC(C)(C)c1ccc([S@](=O)C[C@@H](O)CSc2nc(-c3cccs3)cc(-c3ccccc3)c2C#N)cc1. The fraction of sp³-hybridized carbons (Fsp3) is 0.241. The van der Waals surface area contributed by atoms with E-state index in [0.29, 0.717) is 15.5 Å². The first-order chi connectivity index (χ1) is 17.3. The van der Waals surface area contributed by atoms with Gasteiger partial charge in [-0.1, -0.05) is 69.3 Å². The molecule has 0 bridgehead atoms. The Bertz CT molecular complexity index is 1370. The minimum absolute atomic E-state index is 0.0257. The normalized spacial score (nSPS) is 13.2. The van der Waals surface area contributed by atoms with E-state index in [2.05, 4.69) is 26.8 Å². The monoisotopic (exact) mass is 532 g/mol. The second kappa shape index (κ2) is 11.5. The van der Waals surface area contributed by atoms with Gasteiger partial charge in [0.15, 0.2) is 0 Å². The number of thiophene rings is 1. The van der Waals surface area contributed by atoms with Gasteiger partial charge in [0.05, 0.1) is 38.8 Å². The van der Waals surface area contributed by atoms with Crippen molar-refractivity contribution in [3.63, 3.8) is 0 Å². The van der Waals surface area contributed by atoms with Crippen molar-refractivity contribution in [3.05, 3.63) is 89.3 Å². The van der Waals surface area contributed by atoms with Crippen molar-refractivity contribution in [1.29, 1.82) is 5.26 Å². The third-order valence-corrected chi connectivity index (χ3v) is 9.19. The molecule has 2 aromatic heterocycles. The van der Waals surface area contributed by atoms with Gasteiger partial charge in [-0.2, -0.15) is 5.26 Å². The average Bonchev–Trinajstić information content (AvgIpc) is 3.42. The van der Waals surface area contributed by atoms with E-state index in [1.165, 1.54) is 17.3 Å². The van der Waals surface area contributed by atoms with Crippen LogP contribution in [0.2, 0.25) is 0 Å². The molecule has 7 heteroatoms. The van der Waals surface area contributed by atoms with E-state index in [1.54, 1.807) is 11.3 Å². The fourth-order valence-electron chi connectivity index (χ4n) is 3.73. The predicted octanol–water partition coefficient (Wildman–Crippen LogP) is 6.91. The van der Waals surface area contributed by atoms with E-state index in [1.807, 2.05) is 78.2 Å². The number of hydrogen-bond donors (Lipinski definition) is 1. The molecule has 0 amide bonds. The lowest BCUT2D eigenvalue weighted by Crippen LogP contribution is -2.20. The summed E-state index contributed by atoms with van der Waals surface area (Å²) >= 11 is 2.92. The molecule has 4 rings (SSSR count). The number of rotatable bonds is 8. The van der Waals surface area contributed by atoms with Gasteiger partial charge >= 0.3 is 0 Å². The first-order valence-electron chi connectivity index (χ1n) is 11.6. The maximum Gasteiger partial charge on any atom is 0.115 e. The molecule has 2 heterocycles. The van der Waals surface area contributed by atoms with Crippen LogP contribution in [-0.4, -0.2) is 31.9 Å². The van der Waals surface area contributed by atoms with Gasteiger partial charge in [-0.15, -0.1) is 23.1 Å². The Morgan fingerprint density at radius 3 is 2.42 bits per heavy atom. The van der Waals surface area contributed by atoms with Crippen molar-refractivity contribution in [3.8, 4) is 27.8 Å². The predicted molar refractivity (Wildman–Crippen MR) is 151 cm³/mol. The minimum Gasteiger partial charge on any atom is -0.391 e. The third kappa shape index (κ3) is 6.32. The standard InChI is InChI=1S/C29H28N2O2S3/c1-29(2,3)21-11-13-23(14-12-21)36(33)19-22(32)18-35-28-25(17-30)24(20-8-5-4-6-9-20)16-26(31-28)27-10-7-15-34-27/h4-16,22,32H,18-19H2,1-3H3/t22-,36+/m0/s1. The van der Waals surface area contributed by atoms with E-state index < -0.39 is 16.9 Å². The highest BCUT2D eigenvalue weighted by Crippen LogP contribution is 2.35. The molecule has 0 spiro atoms. The quantitative estimate of drug-likeness (QED) is 0.250. The summed E-state index contributed by atoms with van der Waals surface area (Å²) in [6.45, 7) is 6.42. The number of nitriles is 1. The Morgan fingerprint density at radius 2 is 1.81 bits per heavy atom. The molecule has 0 saturated carbocycles. The van der Waals surface area contributed by atoms with E-state index >= 15 is 0 Å². The van der Waals surface area contributed by atoms with Crippen LogP contribution in [0.4, 0.5) is 0 Å². The van der Waals surface area contributed by atoms with Gasteiger partial charge in [-0.05, 0) is 46.2 Å². The molecule has 4 aromatic rings. The summed E-state index contributed by atoms with van der Waals surface area (Å²) in [5.74, 6) is 0.412. The number of aliphatic hydroxyl groups is 1. The number of aliphatic hydroxyl groups excluding tert-OH is 1. The number of benzene rings is 2. The largest absolute Gasteiger partial charge is 0.391 e. The number of aromatic nitrogens is 1. The van der Waals surface area contributed by atoms with Crippen LogP contribution in [-0.2, 0) is 16.2 Å². The van der Waals surface area contributed by atoms with Gasteiger partial charge in [0.25, 0.3) is 0 Å². The van der Waals surface area contributed by atoms with E-state index in [4.69, 9.17) is 4.98 Å². The van der Waals surface area contributed by atoms with Crippen LogP contribution < -0.4 is 0 Å². The lowest BCUT2D eigenvalue weighted by molar-refractivity contribution is 0.224. The molecular formula is C29H28N2O2S3. The molecule has 0 fully saturated rings. The summed E-state index contributed by atoms with van der Waals surface area (Å²) in [4.78, 5) is 6.49. The number of nitrogens with zero attached hydrogens (tertiary/aromatic N) is 2. The van der Waals surface area contributed by atoms with Gasteiger partial charge in [-0.25, -0.2) is 4.98 Å². The molecule has 2 atom stereocenters. The Kier molecular flexibility index (Phi) is 8.43. The third-order valence-electron chi connectivity index (χ3n) is 5.70. The Morgan fingerprint density at radius 1 is 1.08 bits per heavy atom. The Hall–Kier alpha value is -2.76. The second-order valence-corrected chi connectivity index (χ2v) is 12.9. The van der Waals surface area contributed by atoms with Gasteiger partial charge in [-0.3, -0.25) is 4.21 Å². The Labute approximate surface area is 223 Å². The van der Waals surface area contributed by atoms with E-state index in [9.17, 15) is 14.6 Å². The van der Waals surface area contributed by atoms with Crippen molar-refractivity contribution < 1.29 is 9.32 Å². The van der Waals surface area contributed by atoms with Crippen molar-refractivity contribution in [2.75, 3.05) is 11.5 Å². The molecule has 0 radical (unpaired) electrons. The molecule has 184 valence electrons. The number of thioether (sulfide) groups is 1. The smallest absolute Gasteiger partial charge is 0.115 e. The first-order valence-corrected chi connectivity index (χ1v) is 14.8. The number of pyridine rings is 1. The van der Waals surface area contributed by atoms with Crippen LogP contribution in [0.25, 0.3) is 21.7 Å². The lowest BCUT2D eigenvalue weighted by atomic mass is 9.87. The summed E-state index contributed by atoms with van der Waals surface area (Å²) in [6, 6.07) is 25.8. The molecule has 36 heavy (non-hydrogen) atoms. The topological polar surface area (TPSA) is 74.0 Å². The van der Waals surface area contributed by atoms with Gasteiger partial charge < -0.3 is 5.11 Å². The van der Waals surface area contributed by atoms with Crippen LogP contribution in [0.15, 0.2) is 88.1 Å². The molecule has 1 N–H and O–H groups in total. The van der Waals surface area contributed by atoms with Crippen molar-refractivity contribution in [2.45, 2.75) is 42.2 Å². The molecule has 4 nitrogen and oxygen atoms in total. The van der Waals surface area contributed by atoms with Crippen LogP contribution in [0.1, 0.15) is 31.9 Å². The zero-order valence-corrected chi connectivity index (χ0v) is 22.9. The lowest BCUT2D eigenvalue weighted by Gasteiger charge is -2.19. The Balaban J connectivity index is 1.53. The molecule has 0 unspecified atom stereocenters. The van der Waals surface area contributed by atoms with Crippen molar-refractivity contribution in [2.24, 2.45) is 0 Å². The summed E-state index contributed by atoms with van der Waals surface area (Å²) in [6.07, 6.45) is -0.808. The van der Waals surface area contributed by atoms with Crippen LogP contribution in [0, 0.1) is 11.3 Å². The van der Waals surface area contributed by atoms with E-state index in [0.717, 1.165) is 21.7 Å². The summed E-state index contributed by atoms with van der Waals surface area (Å²) in [5.41, 5.74) is 4.24. The van der Waals surface area contributed by atoms with Crippen molar-refractivity contribution in [1.82, 2.24) is 4.98 Å². The highest BCUT2D eigenvalue weighted by Gasteiger charge is 2.19. The zero-order chi connectivity index (χ0) is 25.7. The highest BCUT2D eigenvalue weighted by atomic mass is 32.2. The van der Waals surface area contributed by atoms with Crippen LogP contribution >= 0.6 is 23.1 Å². The summed E-state index contributed by atoms with van der Waals surface area (Å²) in [5, 5.41) is 23.3. The molecule has 2 aromatic carbocycles. The van der Waals surface area contributed by atoms with Crippen molar-refractivity contribution >= 4 is 33.9 Å². The molecule has 0 saturated heterocycles. The zero-order valence-electron chi connectivity index (χ0n) is 20.5. The van der Waals surface area contributed by atoms with Crippen LogP contribution in [0.3, 0.4) is 0 Å². The average molecular weight is 533 g/mol. The van der Waals surface area contributed by atoms with Gasteiger partial charge in [0, 0.05) is 16.2 Å². The summed E-state index contributed by atoms with van der Waals surface area (Å²) < 4.78 is 12.9.